The van der Waals surface area contributed by atoms with E-state index in [1.165, 1.54) is 7.11 Å². The molecule has 2 aromatic rings. The van der Waals surface area contributed by atoms with Gasteiger partial charge in [0, 0.05) is 25.4 Å². The van der Waals surface area contributed by atoms with Crippen molar-refractivity contribution in [2.24, 2.45) is 0 Å². The van der Waals surface area contributed by atoms with Gasteiger partial charge in [0.05, 0.1) is 19.3 Å². The van der Waals surface area contributed by atoms with E-state index in [2.05, 4.69) is 20.6 Å². The number of amides is 1. The van der Waals surface area contributed by atoms with Crippen molar-refractivity contribution in [2.75, 3.05) is 32.7 Å². The molecule has 0 saturated carbocycles. The normalized spacial score (nSPS) is 10.2. The van der Waals surface area contributed by atoms with Crippen LogP contribution in [-0.2, 0) is 9.47 Å². The van der Waals surface area contributed by atoms with Crippen LogP contribution in [0.2, 0.25) is 0 Å². The van der Waals surface area contributed by atoms with Crippen molar-refractivity contribution in [1.29, 1.82) is 0 Å². The molecule has 8 heteroatoms. The lowest BCUT2D eigenvalue weighted by Gasteiger charge is -2.10. The van der Waals surface area contributed by atoms with Crippen LogP contribution in [0.5, 0.6) is 0 Å². The third-order valence-electron chi connectivity index (χ3n) is 3.22. The lowest BCUT2D eigenvalue weighted by atomic mass is 10.2. The van der Waals surface area contributed by atoms with Gasteiger partial charge in [-0.3, -0.25) is 4.79 Å². The van der Waals surface area contributed by atoms with E-state index in [-0.39, 0.29) is 11.6 Å². The van der Waals surface area contributed by atoms with Crippen molar-refractivity contribution in [3.8, 4) is 0 Å². The fraction of sp³-hybridized carbons (Fsp3) is 0.294. The number of carbonyl (C=O) groups is 2. The van der Waals surface area contributed by atoms with Gasteiger partial charge >= 0.3 is 5.97 Å². The summed E-state index contributed by atoms with van der Waals surface area (Å²) in [5.74, 6) is 0.159. The summed E-state index contributed by atoms with van der Waals surface area (Å²) in [6, 6.07) is 8.34. The van der Waals surface area contributed by atoms with Gasteiger partial charge in [0.1, 0.15) is 17.3 Å². The summed E-state index contributed by atoms with van der Waals surface area (Å²) < 4.78 is 9.60. The minimum Gasteiger partial charge on any atom is -0.465 e. The molecule has 0 unspecified atom stereocenters. The molecule has 0 aliphatic carbocycles. The molecule has 0 radical (unpaired) electrons. The average molecular weight is 344 g/mol. The van der Waals surface area contributed by atoms with Crippen LogP contribution in [0.4, 0.5) is 11.5 Å². The van der Waals surface area contributed by atoms with E-state index < -0.39 is 5.97 Å². The number of hydrogen-bond acceptors (Lipinski definition) is 7. The average Bonchev–Trinajstić information content (AvgIpc) is 2.61. The summed E-state index contributed by atoms with van der Waals surface area (Å²) in [5, 5.41) is 5.77. The Morgan fingerprint density at radius 1 is 1.16 bits per heavy atom. The molecule has 1 aromatic carbocycles. The molecule has 0 spiro atoms. The first-order valence-electron chi connectivity index (χ1n) is 7.61. The van der Waals surface area contributed by atoms with Gasteiger partial charge in [-0.1, -0.05) is 6.07 Å². The number of aryl methyl sites for hydroxylation is 1. The van der Waals surface area contributed by atoms with Crippen molar-refractivity contribution in [3.05, 3.63) is 47.4 Å². The van der Waals surface area contributed by atoms with Gasteiger partial charge in [0.2, 0.25) is 0 Å². The second kappa shape index (κ2) is 8.74. The van der Waals surface area contributed by atoms with Gasteiger partial charge in [-0.05, 0) is 25.1 Å². The van der Waals surface area contributed by atoms with E-state index in [0.717, 1.165) is 0 Å². The number of anilines is 2. The Labute approximate surface area is 145 Å². The van der Waals surface area contributed by atoms with Crippen molar-refractivity contribution in [2.45, 2.75) is 6.92 Å². The summed E-state index contributed by atoms with van der Waals surface area (Å²) >= 11 is 0. The highest BCUT2D eigenvalue weighted by Gasteiger charge is 2.11. The maximum Gasteiger partial charge on any atom is 0.337 e. The van der Waals surface area contributed by atoms with Crippen LogP contribution in [0.15, 0.2) is 30.3 Å². The van der Waals surface area contributed by atoms with Gasteiger partial charge in [0.25, 0.3) is 5.91 Å². The summed E-state index contributed by atoms with van der Waals surface area (Å²) in [6.45, 7) is 2.51. The Balaban J connectivity index is 2.17. The SMILES string of the molecule is COCCNC(=O)c1cc(Nc2cccc(C(=O)OC)c2)nc(C)n1. The smallest absolute Gasteiger partial charge is 0.337 e. The second-order valence-corrected chi connectivity index (χ2v) is 5.13. The first kappa shape index (κ1) is 18.3. The topological polar surface area (TPSA) is 102 Å². The predicted octanol–water partition coefficient (Wildman–Crippen LogP) is 1.69. The molecule has 2 rings (SSSR count). The Morgan fingerprint density at radius 3 is 2.68 bits per heavy atom. The summed E-state index contributed by atoms with van der Waals surface area (Å²) in [5.41, 5.74) is 1.30. The van der Waals surface area contributed by atoms with Crippen molar-refractivity contribution in [1.82, 2.24) is 15.3 Å². The summed E-state index contributed by atoms with van der Waals surface area (Å²) in [4.78, 5) is 32.1. The van der Waals surface area contributed by atoms with E-state index in [0.29, 0.717) is 36.0 Å². The van der Waals surface area contributed by atoms with E-state index in [1.54, 1.807) is 44.4 Å². The molecule has 0 aliphatic heterocycles. The highest BCUT2D eigenvalue weighted by atomic mass is 16.5. The standard InChI is InChI=1S/C17H20N4O4/c1-11-19-14(16(22)18-7-8-24-2)10-15(20-11)21-13-6-4-5-12(9-13)17(23)25-3/h4-6,9-10H,7-8H2,1-3H3,(H,18,22)(H,19,20,21). The fourth-order valence-corrected chi connectivity index (χ4v) is 2.09. The molecular weight excluding hydrogens is 324 g/mol. The number of nitrogens with one attached hydrogen (secondary N) is 2. The molecule has 2 N–H and O–H groups in total. The van der Waals surface area contributed by atoms with E-state index in [4.69, 9.17) is 9.47 Å². The molecule has 8 nitrogen and oxygen atoms in total. The van der Waals surface area contributed by atoms with Crippen LogP contribution < -0.4 is 10.6 Å². The minimum atomic E-state index is -0.430. The highest BCUT2D eigenvalue weighted by molar-refractivity contribution is 5.93. The van der Waals surface area contributed by atoms with Crippen LogP contribution in [-0.4, -0.2) is 49.2 Å². The highest BCUT2D eigenvalue weighted by Crippen LogP contribution is 2.17. The van der Waals surface area contributed by atoms with Crippen LogP contribution in [0.3, 0.4) is 0 Å². The van der Waals surface area contributed by atoms with Crippen molar-refractivity contribution < 1.29 is 19.1 Å². The maximum absolute atomic E-state index is 12.1. The number of ether oxygens (including phenoxy) is 2. The number of rotatable bonds is 7. The molecule has 0 saturated heterocycles. The lowest BCUT2D eigenvalue weighted by molar-refractivity contribution is 0.0600. The maximum atomic E-state index is 12.1. The molecule has 25 heavy (non-hydrogen) atoms. The van der Waals surface area contributed by atoms with Gasteiger partial charge in [0.15, 0.2) is 0 Å². The molecule has 1 aromatic heterocycles. The van der Waals surface area contributed by atoms with Gasteiger partial charge in [-0.2, -0.15) is 0 Å². The number of methoxy groups -OCH3 is 2. The Bertz CT molecular complexity index is 764. The summed E-state index contributed by atoms with van der Waals surface area (Å²) in [6.07, 6.45) is 0. The first-order valence-corrected chi connectivity index (χ1v) is 7.61. The minimum absolute atomic E-state index is 0.246. The Morgan fingerprint density at radius 2 is 1.96 bits per heavy atom. The zero-order valence-corrected chi connectivity index (χ0v) is 14.3. The number of esters is 1. The molecule has 0 aliphatic rings. The molecule has 132 valence electrons. The van der Waals surface area contributed by atoms with Crippen molar-refractivity contribution in [3.63, 3.8) is 0 Å². The van der Waals surface area contributed by atoms with Gasteiger partial charge in [-0.25, -0.2) is 14.8 Å². The fourth-order valence-electron chi connectivity index (χ4n) is 2.09. The molecular formula is C17H20N4O4. The van der Waals surface area contributed by atoms with Crippen LogP contribution in [0.25, 0.3) is 0 Å². The van der Waals surface area contributed by atoms with Gasteiger partial charge in [-0.15, -0.1) is 0 Å². The Hall–Kier alpha value is -3.00. The van der Waals surface area contributed by atoms with E-state index in [1.807, 2.05) is 0 Å². The molecule has 1 heterocycles. The first-order chi connectivity index (χ1) is 12.0. The zero-order valence-electron chi connectivity index (χ0n) is 14.3. The lowest BCUT2D eigenvalue weighted by Crippen LogP contribution is -2.28. The van der Waals surface area contributed by atoms with E-state index in [9.17, 15) is 9.59 Å². The molecule has 0 bridgehead atoms. The van der Waals surface area contributed by atoms with E-state index >= 15 is 0 Å². The monoisotopic (exact) mass is 344 g/mol. The number of benzene rings is 1. The number of carbonyl (C=O) groups excluding carboxylic acids is 2. The number of nitrogens with zero attached hydrogens (tertiary/aromatic N) is 2. The third-order valence-corrected chi connectivity index (χ3v) is 3.22. The van der Waals surface area contributed by atoms with Crippen LogP contribution >= 0.6 is 0 Å². The molecule has 1 amide bonds. The second-order valence-electron chi connectivity index (χ2n) is 5.13. The zero-order chi connectivity index (χ0) is 18.2. The largest absolute Gasteiger partial charge is 0.465 e. The van der Waals surface area contributed by atoms with Crippen molar-refractivity contribution >= 4 is 23.4 Å². The molecule has 0 atom stereocenters. The summed E-state index contributed by atoms with van der Waals surface area (Å²) in [7, 11) is 2.89. The van der Waals surface area contributed by atoms with Crippen LogP contribution in [0, 0.1) is 6.92 Å². The predicted molar refractivity (Wildman–Crippen MR) is 92.0 cm³/mol. The third kappa shape index (κ3) is 5.25. The quantitative estimate of drug-likeness (QED) is 0.582. The van der Waals surface area contributed by atoms with Crippen LogP contribution in [0.1, 0.15) is 26.7 Å². The number of hydrogen-bond donors (Lipinski definition) is 2. The number of aromatic nitrogens is 2. The molecule has 0 fully saturated rings. The Kier molecular flexibility index (Phi) is 6.41. The van der Waals surface area contributed by atoms with Gasteiger partial charge < -0.3 is 20.1 Å².